The number of nitriles is 1. The van der Waals surface area contributed by atoms with E-state index < -0.39 is 0 Å². The van der Waals surface area contributed by atoms with Crippen LogP contribution in [0, 0.1) is 11.3 Å². The molecular weight excluding hydrogens is 270 g/mol. The van der Waals surface area contributed by atoms with Crippen LogP contribution in [0.25, 0.3) is 0 Å². The molecule has 0 radical (unpaired) electrons. The quantitative estimate of drug-likeness (QED) is 0.707. The van der Waals surface area contributed by atoms with Crippen LogP contribution in [-0.4, -0.2) is 33.2 Å². The highest BCUT2D eigenvalue weighted by atomic mass is 16.5. The summed E-state index contributed by atoms with van der Waals surface area (Å²) >= 11 is 0. The Bertz CT molecular complexity index is 511. The molecule has 0 saturated carbocycles. The molecule has 0 saturated heterocycles. The molecule has 1 unspecified atom stereocenters. The van der Waals surface area contributed by atoms with Gasteiger partial charge in [-0.15, -0.1) is 0 Å². The molecule has 0 aliphatic heterocycles. The summed E-state index contributed by atoms with van der Waals surface area (Å²) in [6.07, 6.45) is 0.283. The van der Waals surface area contributed by atoms with E-state index in [1.807, 2.05) is 32.2 Å². The van der Waals surface area contributed by atoms with E-state index in [0.29, 0.717) is 18.0 Å². The molecule has 0 aliphatic rings. The summed E-state index contributed by atoms with van der Waals surface area (Å²) in [4.78, 5) is 11.5. The molecule has 0 fully saturated rings. The third kappa shape index (κ3) is 5.32. The summed E-state index contributed by atoms with van der Waals surface area (Å²) in [6.45, 7) is 2.26. The zero-order valence-electron chi connectivity index (χ0n) is 12.6. The van der Waals surface area contributed by atoms with Crippen molar-refractivity contribution in [2.45, 2.75) is 19.4 Å². The first-order chi connectivity index (χ1) is 10.1. The lowest BCUT2D eigenvalue weighted by Gasteiger charge is -2.15. The lowest BCUT2D eigenvalue weighted by Crippen LogP contribution is -2.29. The van der Waals surface area contributed by atoms with Gasteiger partial charge in [0.15, 0.2) is 18.1 Å². The van der Waals surface area contributed by atoms with Crippen LogP contribution in [0.4, 0.5) is 0 Å². The van der Waals surface area contributed by atoms with E-state index in [0.717, 1.165) is 5.56 Å². The monoisotopic (exact) mass is 291 g/mol. The molecular formula is C15H21N3O3. The van der Waals surface area contributed by atoms with Gasteiger partial charge in [-0.25, -0.2) is 0 Å². The number of rotatable bonds is 8. The average Bonchev–Trinajstić information content (AvgIpc) is 2.52. The van der Waals surface area contributed by atoms with E-state index in [9.17, 15) is 4.79 Å². The lowest BCUT2D eigenvalue weighted by atomic mass is 10.1. The van der Waals surface area contributed by atoms with Crippen LogP contribution < -0.4 is 20.1 Å². The summed E-state index contributed by atoms with van der Waals surface area (Å²) < 4.78 is 10.7. The summed E-state index contributed by atoms with van der Waals surface area (Å²) in [6, 6.07) is 7.74. The Morgan fingerprint density at radius 2 is 2.19 bits per heavy atom. The predicted octanol–water partition coefficient (Wildman–Crippen LogP) is 1.38. The third-order valence-corrected chi connectivity index (χ3v) is 3.04. The molecule has 6 heteroatoms. The molecule has 1 rings (SSSR count). The fourth-order valence-corrected chi connectivity index (χ4v) is 1.69. The smallest absolute Gasteiger partial charge is 0.257 e. The maximum Gasteiger partial charge on any atom is 0.257 e. The highest BCUT2D eigenvalue weighted by molar-refractivity contribution is 5.77. The first-order valence-corrected chi connectivity index (χ1v) is 6.74. The molecule has 2 N–H and O–H groups in total. The normalized spacial score (nSPS) is 11.3. The van der Waals surface area contributed by atoms with Gasteiger partial charge in [-0.05, 0) is 31.7 Å². The Morgan fingerprint density at radius 3 is 2.81 bits per heavy atom. The van der Waals surface area contributed by atoms with Gasteiger partial charge in [0.05, 0.1) is 19.6 Å². The summed E-state index contributed by atoms with van der Waals surface area (Å²) in [5, 5.41) is 14.1. The van der Waals surface area contributed by atoms with E-state index >= 15 is 0 Å². The maximum atomic E-state index is 11.5. The van der Waals surface area contributed by atoms with E-state index in [-0.39, 0.29) is 25.0 Å². The van der Waals surface area contributed by atoms with E-state index in [1.165, 1.54) is 0 Å². The first-order valence-electron chi connectivity index (χ1n) is 6.74. The van der Waals surface area contributed by atoms with Crippen LogP contribution >= 0.6 is 0 Å². The molecule has 0 heterocycles. The van der Waals surface area contributed by atoms with Crippen molar-refractivity contribution in [3.63, 3.8) is 0 Å². The van der Waals surface area contributed by atoms with Crippen LogP contribution in [0.5, 0.6) is 11.5 Å². The maximum absolute atomic E-state index is 11.5. The van der Waals surface area contributed by atoms with Gasteiger partial charge in [0.25, 0.3) is 5.91 Å². The average molecular weight is 291 g/mol. The van der Waals surface area contributed by atoms with E-state index in [4.69, 9.17) is 14.7 Å². The molecule has 21 heavy (non-hydrogen) atoms. The van der Waals surface area contributed by atoms with Gasteiger partial charge in [0.2, 0.25) is 0 Å². The number of hydrogen-bond donors (Lipinski definition) is 2. The Hall–Kier alpha value is -2.26. The van der Waals surface area contributed by atoms with Crippen molar-refractivity contribution in [2.24, 2.45) is 0 Å². The molecule has 1 atom stereocenters. The Balaban J connectivity index is 2.63. The zero-order valence-corrected chi connectivity index (χ0v) is 12.6. The van der Waals surface area contributed by atoms with Gasteiger partial charge < -0.3 is 20.1 Å². The van der Waals surface area contributed by atoms with Gasteiger partial charge in [-0.2, -0.15) is 5.26 Å². The molecule has 1 aromatic rings. The molecule has 1 amide bonds. The number of amides is 1. The number of hydrogen-bond acceptors (Lipinski definition) is 5. The topological polar surface area (TPSA) is 83.4 Å². The summed E-state index contributed by atoms with van der Waals surface area (Å²) in [5.74, 6) is 0.833. The summed E-state index contributed by atoms with van der Waals surface area (Å²) in [5.41, 5.74) is 1.07. The molecule has 0 bridgehead atoms. The van der Waals surface area contributed by atoms with Gasteiger partial charge >= 0.3 is 0 Å². The lowest BCUT2D eigenvalue weighted by molar-refractivity contribution is -0.123. The number of carbonyl (C=O) groups excluding carboxylic acids is 1. The minimum atomic E-state index is -0.264. The van der Waals surface area contributed by atoms with Gasteiger partial charge in [-0.3, -0.25) is 4.79 Å². The number of ether oxygens (including phenoxy) is 2. The van der Waals surface area contributed by atoms with Gasteiger partial charge in [-0.1, -0.05) is 6.07 Å². The summed E-state index contributed by atoms with van der Waals surface area (Å²) in [7, 11) is 3.44. The number of methoxy groups -OCH3 is 1. The molecule has 1 aromatic carbocycles. The van der Waals surface area contributed by atoms with Gasteiger partial charge in [0, 0.05) is 12.6 Å². The second kappa shape index (κ2) is 8.82. The highest BCUT2D eigenvalue weighted by Gasteiger charge is 2.10. The molecule has 6 nitrogen and oxygen atoms in total. The largest absolute Gasteiger partial charge is 0.493 e. The Kier molecular flexibility index (Phi) is 7.05. The van der Waals surface area contributed by atoms with Crippen LogP contribution in [0.15, 0.2) is 18.2 Å². The number of carbonyl (C=O) groups is 1. The van der Waals surface area contributed by atoms with Crippen molar-refractivity contribution < 1.29 is 14.3 Å². The number of nitrogens with zero attached hydrogens (tertiary/aromatic N) is 1. The van der Waals surface area contributed by atoms with Crippen LogP contribution in [-0.2, 0) is 4.79 Å². The van der Waals surface area contributed by atoms with E-state index in [2.05, 4.69) is 10.6 Å². The van der Waals surface area contributed by atoms with Crippen LogP contribution in [0.2, 0.25) is 0 Å². The molecule has 0 aliphatic carbocycles. The van der Waals surface area contributed by atoms with Crippen molar-refractivity contribution >= 4 is 5.91 Å². The second-order valence-electron chi connectivity index (χ2n) is 4.47. The van der Waals surface area contributed by atoms with Crippen molar-refractivity contribution in [1.29, 1.82) is 5.26 Å². The fraction of sp³-hybridized carbons (Fsp3) is 0.467. The first kappa shape index (κ1) is 16.8. The van der Waals surface area contributed by atoms with Crippen LogP contribution in [0.3, 0.4) is 0 Å². The molecule has 114 valence electrons. The standard InChI is InChI=1S/C15H21N3O3/c1-11(17-2)12-5-6-13(14(9-12)20-3)21-10-15(19)18-8-4-7-16/h5-6,9,11,17H,4,8,10H2,1-3H3,(H,18,19). The Labute approximate surface area is 125 Å². The predicted molar refractivity (Wildman–Crippen MR) is 79.2 cm³/mol. The zero-order chi connectivity index (χ0) is 15.7. The van der Waals surface area contributed by atoms with Crippen molar-refractivity contribution in [3.8, 4) is 17.6 Å². The highest BCUT2D eigenvalue weighted by Crippen LogP contribution is 2.30. The van der Waals surface area contributed by atoms with Crippen LogP contribution in [0.1, 0.15) is 24.9 Å². The van der Waals surface area contributed by atoms with Gasteiger partial charge in [0.1, 0.15) is 0 Å². The molecule has 0 spiro atoms. The number of nitrogens with one attached hydrogen (secondary N) is 2. The minimum absolute atomic E-state index is 0.108. The fourth-order valence-electron chi connectivity index (χ4n) is 1.69. The third-order valence-electron chi connectivity index (χ3n) is 3.04. The SMILES string of the molecule is CNC(C)c1ccc(OCC(=O)NCCC#N)c(OC)c1. The van der Waals surface area contributed by atoms with Crippen molar-refractivity contribution in [2.75, 3.05) is 27.3 Å². The number of benzene rings is 1. The second-order valence-corrected chi connectivity index (χ2v) is 4.47. The Morgan fingerprint density at radius 1 is 1.43 bits per heavy atom. The van der Waals surface area contributed by atoms with Crippen molar-refractivity contribution in [1.82, 2.24) is 10.6 Å². The van der Waals surface area contributed by atoms with Crippen molar-refractivity contribution in [3.05, 3.63) is 23.8 Å². The van der Waals surface area contributed by atoms with E-state index in [1.54, 1.807) is 13.2 Å². The molecule has 0 aromatic heterocycles. The minimum Gasteiger partial charge on any atom is -0.493 e.